The third kappa shape index (κ3) is 10.0. The molecule has 3 aromatic rings. The van der Waals surface area contributed by atoms with Crippen LogP contribution in [0.1, 0.15) is 17.7 Å². The second-order valence-corrected chi connectivity index (χ2v) is 8.53. The zero-order valence-electron chi connectivity index (χ0n) is 16.5. The van der Waals surface area contributed by atoms with E-state index in [9.17, 15) is 4.55 Å². The Morgan fingerprint density at radius 1 is 1.19 bits per heavy atom. The average molecular weight is 481 g/mol. The van der Waals surface area contributed by atoms with Crippen molar-refractivity contribution in [3.8, 4) is 5.75 Å². The molecule has 0 amide bonds. The first-order valence-corrected chi connectivity index (χ1v) is 11.7. The predicted molar refractivity (Wildman–Crippen MR) is 119 cm³/mol. The Hall–Kier alpha value is -0.980. The van der Waals surface area contributed by atoms with Crippen molar-refractivity contribution in [2.24, 2.45) is 0 Å². The molecular formula is C18H25N3NaO7PS. The van der Waals surface area contributed by atoms with Gasteiger partial charge in [0.05, 0.1) is 23.3 Å². The van der Waals surface area contributed by atoms with E-state index in [-0.39, 0.29) is 29.6 Å². The van der Waals surface area contributed by atoms with E-state index in [1.54, 1.807) is 13.3 Å². The molecule has 0 fully saturated rings. The first-order chi connectivity index (χ1) is 14.2. The van der Waals surface area contributed by atoms with Crippen molar-refractivity contribution in [2.75, 3.05) is 20.3 Å². The maximum atomic E-state index is 12.7. The van der Waals surface area contributed by atoms with Gasteiger partial charge in [-0.25, -0.2) is 4.57 Å². The van der Waals surface area contributed by atoms with Crippen molar-refractivity contribution in [3.63, 3.8) is 0 Å². The predicted octanol–water partition coefficient (Wildman–Crippen LogP) is 1.41. The number of para-hydroxylation sites is 2. The molecule has 0 radical (unpaired) electrons. The topological polar surface area (TPSA) is 161 Å². The molecule has 0 saturated heterocycles. The van der Waals surface area contributed by atoms with Gasteiger partial charge in [0, 0.05) is 43.1 Å². The van der Waals surface area contributed by atoms with Crippen LogP contribution in [0.25, 0.3) is 11.0 Å². The first kappa shape index (κ1) is 28.1. The van der Waals surface area contributed by atoms with E-state index >= 15 is 0 Å². The zero-order valence-corrected chi connectivity index (χ0v) is 18.2. The number of nitrogens with one attached hydrogen (secondary N) is 1. The zero-order chi connectivity index (χ0) is 22.1. The van der Waals surface area contributed by atoms with E-state index in [0.717, 1.165) is 34.5 Å². The van der Waals surface area contributed by atoms with Gasteiger partial charge in [0.15, 0.2) is 5.75 Å². The molecule has 3 rings (SSSR count). The SMILES string of the molecule is COCCCOc1ccnc(C[S+]([O-])c2nc3ccccc3[nH]2)c1C.O=P(O)(O)O.[NaH]. The van der Waals surface area contributed by atoms with Gasteiger partial charge in [0.25, 0.3) is 0 Å². The number of methoxy groups -OCH3 is 1. The second-order valence-electron chi connectivity index (χ2n) is 6.14. The Kier molecular flexibility index (Phi) is 12.3. The van der Waals surface area contributed by atoms with Crippen LogP contribution >= 0.6 is 7.82 Å². The van der Waals surface area contributed by atoms with Crippen LogP contribution in [0.3, 0.4) is 0 Å². The summed E-state index contributed by atoms with van der Waals surface area (Å²) in [5.41, 5.74) is 3.35. The minimum atomic E-state index is -4.64. The van der Waals surface area contributed by atoms with Gasteiger partial charge in [-0.1, -0.05) is 12.1 Å². The van der Waals surface area contributed by atoms with E-state index in [0.29, 0.717) is 24.1 Å². The fourth-order valence-corrected chi connectivity index (χ4v) is 3.58. The summed E-state index contributed by atoms with van der Waals surface area (Å²) in [6.45, 7) is 3.17. The van der Waals surface area contributed by atoms with Gasteiger partial charge in [0.2, 0.25) is 0 Å². The van der Waals surface area contributed by atoms with Gasteiger partial charge in [-0.2, -0.15) is 4.98 Å². The summed E-state index contributed by atoms with van der Waals surface area (Å²) in [5, 5.41) is 0.466. The van der Waals surface area contributed by atoms with E-state index in [2.05, 4.69) is 15.0 Å². The Balaban J connectivity index is 0.000000721. The number of hydrogen-bond donors (Lipinski definition) is 4. The summed E-state index contributed by atoms with van der Waals surface area (Å²) in [5.74, 6) is 1.06. The van der Waals surface area contributed by atoms with Crippen LogP contribution in [0.15, 0.2) is 41.7 Å². The number of aromatic amines is 1. The third-order valence-electron chi connectivity index (χ3n) is 3.86. The van der Waals surface area contributed by atoms with E-state index in [1.807, 2.05) is 37.3 Å². The van der Waals surface area contributed by atoms with E-state index < -0.39 is 19.0 Å². The molecule has 0 spiro atoms. The normalized spacial score (nSPS) is 11.9. The number of hydrogen-bond acceptors (Lipinski definition) is 6. The molecule has 0 bridgehead atoms. The molecule has 13 heteroatoms. The van der Waals surface area contributed by atoms with Crippen molar-refractivity contribution < 1.29 is 33.3 Å². The van der Waals surface area contributed by atoms with Gasteiger partial charge in [-0.3, -0.25) is 9.97 Å². The first-order valence-electron chi connectivity index (χ1n) is 8.86. The number of nitrogens with zero attached hydrogens (tertiary/aromatic N) is 2. The Bertz CT molecular complexity index is 960. The standard InChI is InChI=1S/C18H21N3O3S.Na.H3O4P.H/c1-13-16(19-9-8-17(13)24-11-5-10-23-2)12-25(22)18-20-14-6-3-4-7-15(14)21-18;;1-5(2,3)4;/h3-4,6-9H,5,10-12H2,1-2H3,(H,20,21);;(H3,1,2,3,4);. The summed E-state index contributed by atoms with van der Waals surface area (Å²) in [4.78, 5) is 33.4. The minimum absolute atomic E-state index is 0. The molecule has 0 aliphatic rings. The number of phosphoric acid groups is 1. The molecule has 2 aromatic heterocycles. The molecule has 0 aliphatic heterocycles. The molecule has 0 aliphatic carbocycles. The van der Waals surface area contributed by atoms with Crippen LogP contribution in [0.4, 0.5) is 0 Å². The van der Waals surface area contributed by atoms with Crippen molar-refractivity contribution in [1.29, 1.82) is 0 Å². The Morgan fingerprint density at radius 2 is 1.87 bits per heavy atom. The molecular weight excluding hydrogens is 456 g/mol. The number of benzene rings is 1. The number of aromatic nitrogens is 3. The quantitative estimate of drug-likeness (QED) is 0.161. The van der Waals surface area contributed by atoms with Crippen molar-refractivity contribution in [3.05, 3.63) is 47.8 Å². The molecule has 1 aromatic carbocycles. The van der Waals surface area contributed by atoms with Gasteiger partial charge < -0.3 is 28.7 Å². The molecule has 31 heavy (non-hydrogen) atoms. The molecule has 166 valence electrons. The van der Waals surface area contributed by atoms with Gasteiger partial charge in [-0.15, -0.1) is 0 Å². The van der Waals surface area contributed by atoms with Gasteiger partial charge >= 0.3 is 42.5 Å². The molecule has 10 nitrogen and oxygen atoms in total. The fourth-order valence-electron chi connectivity index (χ4n) is 2.48. The van der Waals surface area contributed by atoms with Crippen molar-refractivity contribution in [1.82, 2.24) is 15.0 Å². The van der Waals surface area contributed by atoms with Crippen LogP contribution in [0.2, 0.25) is 0 Å². The van der Waals surface area contributed by atoms with Gasteiger partial charge in [-0.05, 0) is 25.1 Å². The van der Waals surface area contributed by atoms with E-state index in [4.69, 9.17) is 28.7 Å². The molecule has 0 saturated carbocycles. The summed E-state index contributed by atoms with van der Waals surface area (Å²) in [6, 6.07) is 9.47. The third-order valence-corrected chi connectivity index (χ3v) is 5.02. The summed E-state index contributed by atoms with van der Waals surface area (Å²) >= 11 is -1.30. The number of H-pyrrole nitrogens is 1. The number of pyridine rings is 1. The van der Waals surface area contributed by atoms with Crippen LogP contribution in [0.5, 0.6) is 5.75 Å². The van der Waals surface area contributed by atoms with Gasteiger partial charge in [0.1, 0.15) is 5.75 Å². The monoisotopic (exact) mass is 481 g/mol. The summed E-state index contributed by atoms with van der Waals surface area (Å²) in [6.07, 6.45) is 2.50. The maximum absolute atomic E-state index is 12.7. The van der Waals surface area contributed by atoms with Crippen LogP contribution < -0.4 is 4.74 Å². The number of fused-ring (bicyclic) bond motifs is 1. The fraction of sp³-hybridized carbons (Fsp3) is 0.333. The number of ether oxygens (including phenoxy) is 2. The Morgan fingerprint density at radius 3 is 2.52 bits per heavy atom. The number of imidazole rings is 1. The Labute approximate surface area is 205 Å². The summed E-state index contributed by atoms with van der Waals surface area (Å²) in [7, 11) is -2.97. The van der Waals surface area contributed by atoms with E-state index in [1.165, 1.54) is 0 Å². The molecule has 1 atom stereocenters. The van der Waals surface area contributed by atoms with Crippen molar-refractivity contribution >= 4 is 59.6 Å². The molecule has 4 N–H and O–H groups in total. The summed E-state index contributed by atoms with van der Waals surface area (Å²) < 4.78 is 32.3. The van der Waals surface area contributed by atoms with Crippen LogP contribution in [-0.4, -0.2) is 84.1 Å². The number of rotatable bonds is 8. The van der Waals surface area contributed by atoms with Crippen LogP contribution in [0, 0.1) is 6.92 Å². The second kappa shape index (κ2) is 13.5. The molecule has 1 unspecified atom stereocenters. The van der Waals surface area contributed by atoms with Crippen LogP contribution in [-0.2, 0) is 26.2 Å². The molecule has 2 heterocycles. The van der Waals surface area contributed by atoms with Crippen molar-refractivity contribution in [2.45, 2.75) is 24.3 Å². The average Bonchev–Trinajstić information content (AvgIpc) is 3.11.